The Kier molecular flexibility index (Phi) is 3.79. The summed E-state index contributed by atoms with van der Waals surface area (Å²) < 4.78 is 8.69. The Balaban J connectivity index is 1.66. The Morgan fingerprint density at radius 1 is 1.42 bits per heavy atom. The van der Waals surface area contributed by atoms with Crippen molar-refractivity contribution < 1.29 is 4.74 Å². The highest BCUT2D eigenvalue weighted by Gasteiger charge is 2.21. The van der Waals surface area contributed by atoms with E-state index in [2.05, 4.69) is 30.9 Å². The lowest BCUT2D eigenvalue weighted by molar-refractivity contribution is 0.0272. The molecule has 1 aliphatic rings. The summed E-state index contributed by atoms with van der Waals surface area (Å²) in [6.07, 6.45) is 5.73. The Hall–Kier alpha value is -1.40. The molecule has 0 amide bonds. The summed E-state index contributed by atoms with van der Waals surface area (Å²) in [7, 11) is 0. The van der Waals surface area contributed by atoms with Crippen molar-refractivity contribution in [3.05, 3.63) is 41.3 Å². The zero-order valence-corrected chi connectivity index (χ0v) is 12.0. The van der Waals surface area contributed by atoms with Crippen molar-refractivity contribution in [2.45, 2.75) is 12.6 Å². The molecule has 0 saturated carbocycles. The molecule has 2 aromatic heterocycles. The molecule has 0 bridgehead atoms. The van der Waals surface area contributed by atoms with Crippen molar-refractivity contribution in [2.24, 2.45) is 0 Å². The maximum Gasteiger partial charge on any atom is 0.128 e. The minimum absolute atomic E-state index is 0.152. The molecule has 0 spiro atoms. The molecule has 5 nitrogen and oxygen atoms in total. The predicted molar refractivity (Wildman–Crippen MR) is 76.1 cm³/mol. The summed E-state index contributed by atoms with van der Waals surface area (Å²) in [5.74, 6) is 0.997. The van der Waals surface area contributed by atoms with Crippen LogP contribution in [0.25, 0.3) is 0 Å². The molecule has 0 aliphatic carbocycles. The van der Waals surface area contributed by atoms with Gasteiger partial charge in [0.15, 0.2) is 0 Å². The predicted octanol–water partition coefficient (Wildman–Crippen LogP) is 1.95. The maximum atomic E-state index is 5.79. The first-order valence-corrected chi connectivity index (χ1v) is 7.06. The second-order valence-electron chi connectivity index (χ2n) is 4.50. The van der Waals surface area contributed by atoms with Gasteiger partial charge < -0.3 is 9.64 Å². The van der Waals surface area contributed by atoms with Crippen LogP contribution < -0.4 is 4.90 Å². The lowest BCUT2D eigenvalue weighted by Crippen LogP contribution is -2.44. The standard InChI is InChI=1S/C13H15BrN4O/c14-11-2-3-13(15-8-11)17-6-7-19-12(9-17)10-18-5-1-4-16-18/h1-5,8,12H,6-7,9-10H2. The van der Waals surface area contributed by atoms with Gasteiger partial charge in [0.2, 0.25) is 0 Å². The topological polar surface area (TPSA) is 43.2 Å². The van der Waals surface area contributed by atoms with E-state index in [1.54, 1.807) is 6.20 Å². The molecule has 0 N–H and O–H groups in total. The van der Waals surface area contributed by atoms with Crippen LogP contribution in [0.1, 0.15) is 0 Å². The van der Waals surface area contributed by atoms with Gasteiger partial charge in [0, 0.05) is 36.2 Å². The van der Waals surface area contributed by atoms with Crippen molar-refractivity contribution in [1.29, 1.82) is 0 Å². The zero-order chi connectivity index (χ0) is 13.1. The highest BCUT2D eigenvalue weighted by molar-refractivity contribution is 9.10. The summed E-state index contributed by atoms with van der Waals surface area (Å²) in [6.45, 7) is 3.22. The van der Waals surface area contributed by atoms with E-state index < -0.39 is 0 Å². The van der Waals surface area contributed by atoms with Gasteiger partial charge in [-0.15, -0.1) is 0 Å². The molecule has 1 unspecified atom stereocenters. The molecule has 0 radical (unpaired) electrons. The van der Waals surface area contributed by atoms with Crippen LogP contribution in [0.5, 0.6) is 0 Å². The van der Waals surface area contributed by atoms with Gasteiger partial charge in [-0.05, 0) is 34.1 Å². The van der Waals surface area contributed by atoms with Crippen LogP contribution >= 0.6 is 15.9 Å². The molecule has 0 aromatic carbocycles. The minimum atomic E-state index is 0.152. The molecule has 1 fully saturated rings. The lowest BCUT2D eigenvalue weighted by Gasteiger charge is -2.33. The largest absolute Gasteiger partial charge is 0.373 e. The quantitative estimate of drug-likeness (QED) is 0.866. The molecular formula is C13H15BrN4O. The van der Waals surface area contributed by atoms with Gasteiger partial charge in [-0.1, -0.05) is 0 Å². The smallest absolute Gasteiger partial charge is 0.128 e. The lowest BCUT2D eigenvalue weighted by atomic mass is 10.2. The van der Waals surface area contributed by atoms with E-state index in [1.807, 2.05) is 35.3 Å². The summed E-state index contributed by atoms with van der Waals surface area (Å²) >= 11 is 3.40. The molecular weight excluding hydrogens is 308 g/mol. The molecule has 3 heterocycles. The third-order valence-corrected chi connectivity index (χ3v) is 3.59. The SMILES string of the molecule is Brc1ccc(N2CCOC(Cn3cccn3)C2)nc1. The van der Waals surface area contributed by atoms with E-state index in [9.17, 15) is 0 Å². The molecule has 2 aromatic rings. The Labute approximate surface area is 120 Å². The first-order chi connectivity index (χ1) is 9.31. The van der Waals surface area contributed by atoms with Gasteiger partial charge in [0.05, 0.1) is 19.3 Å². The van der Waals surface area contributed by atoms with Gasteiger partial charge in [0.1, 0.15) is 5.82 Å². The number of anilines is 1. The average Bonchev–Trinajstić information content (AvgIpc) is 2.93. The normalized spacial score (nSPS) is 19.6. The van der Waals surface area contributed by atoms with E-state index in [-0.39, 0.29) is 6.10 Å². The van der Waals surface area contributed by atoms with Crippen LogP contribution in [-0.2, 0) is 11.3 Å². The number of morpholine rings is 1. The molecule has 6 heteroatoms. The number of hydrogen-bond acceptors (Lipinski definition) is 4. The van der Waals surface area contributed by atoms with Crippen molar-refractivity contribution in [3.63, 3.8) is 0 Å². The highest BCUT2D eigenvalue weighted by atomic mass is 79.9. The maximum absolute atomic E-state index is 5.79. The van der Waals surface area contributed by atoms with E-state index >= 15 is 0 Å². The summed E-state index contributed by atoms with van der Waals surface area (Å²) in [5.41, 5.74) is 0. The van der Waals surface area contributed by atoms with Crippen LogP contribution in [0, 0.1) is 0 Å². The summed E-state index contributed by atoms with van der Waals surface area (Å²) in [5, 5.41) is 4.22. The molecule has 1 atom stereocenters. The number of rotatable bonds is 3. The van der Waals surface area contributed by atoms with Crippen LogP contribution in [-0.4, -0.2) is 40.6 Å². The van der Waals surface area contributed by atoms with E-state index in [0.717, 1.165) is 36.5 Å². The molecule has 100 valence electrons. The van der Waals surface area contributed by atoms with E-state index in [4.69, 9.17) is 4.74 Å². The fourth-order valence-electron chi connectivity index (χ4n) is 2.21. The van der Waals surface area contributed by atoms with Gasteiger partial charge in [-0.3, -0.25) is 4.68 Å². The molecule has 19 heavy (non-hydrogen) atoms. The third kappa shape index (κ3) is 3.13. The van der Waals surface area contributed by atoms with Crippen molar-refractivity contribution in [3.8, 4) is 0 Å². The first-order valence-electron chi connectivity index (χ1n) is 6.27. The molecule has 1 aliphatic heterocycles. The van der Waals surface area contributed by atoms with Crippen LogP contribution in [0.3, 0.4) is 0 Å². The Morgan fingerprint density at radius 3 is 3.11 bits per heavy atom. The summed E-state index contributed by atoms with van der Waals surface area (Å²) in [4.78, 5) is 6.69. The van der Waals surface area contributed by atoms with E-state index in [0.29, 0.717) is 0 Å². The van der Waals surface area contributed by atoms with Gasteiger partial charge in [-0.2, -0.15) is 5.10 Å². The second-order valence-corrected chi connectivity index (χ2v) is 5.42. The average molecular weight is 323 g/mol. The van der Waals surface area contributed by atoms with Gasteiger partial charge in [0.25, 0.3) is 0 Å². The van der Waals surface area contributed by atoms with E-state index in [1.165, 1.54) is 0 Å². The number of nitrogens with zero attached hydrogens (tertiary/aromatic N) is 4. The van der Waals surface area contributed by atoms with Crippen LogP contribution in [0.4, 0.5) is 5.82 Å². The monoisotopic (exact) mass is 322 g/mol. The fourth-order valence-corrected chi connectivity index (χ4v) is 2.44. The Morgan fingerprint density at radius 2 is 2.37 bits per heavy atom. The molecule has 3 rings (SSSR count). The van der Waals surface area contributed by atoms with Gasteiger partial charge >= 0.3 is 0 Å². The van der Waals surface area contributed by atoms with Gasteiger partial charge in [-0.25, -0.2) is 4.98 Å². The van der Waals surface area contributed by atoms with Crippen molar-refractivity contribution >= 4 is 21.7 Å². The Bertz CT molecular complexity index is 514. The third-order valence-electron chi connectivity index (χ3n) is 3.12. The summed E-state index contributed by atoms with van der Waals surface area (Å²) in [6, 6.07) is 5.97. The second kappa shape index (κ2) is 5.71. The zero-order valence-electron chi connectivity index (χ0n) is 10.4. The fraction of sp³-hybridized carbons (Fsp3) is 0.385. The van der Waals surface area contributed by atoms with Crippen molar-refractivity contribution in [1.82, 2.24) is 14.8 Å². The number of hydrogen-bond donors (Lipinski definition) is 0. The highest BCUT2D eigenvalue weighted by Crippen LogP contribution is 2.18. The van der Waals surface area contributed by atoms with Crippen molar-refractivity contribution in [2.75, 3.05) is 24.6 Å². The number of aromatic nitrogens is 3. The molecule has 1 saturated heterocycles. The first kappa shape index (κ1) is 12.6. The van der Waals surface area contributed by atoms with Crippen LogP contribution in [0.15, 0.2) is 41.3 Å². The number of ether oxygens (including phenoxy) is 1. The number of halogens is 1. The van der Waals surface area contributed by atoms with Crippen LogP contribution in [0.2, 0.25) is 0 Å². The number of pyridine rings is 1. The minimum Gasteiger partial charge on any atom is -0.373 e.